The highest BCUT2D eigenvalue weighted by Gasteiger charge is 2.18. The van der Waals surface area contributed by atoms with Gasteiger partial charge in [0.25, 0.3) is 0 Å². The summed E-state index contributed by atoms with van der Waals surface area (Å²) in [5.74, 6) is 0.827. The van der Waals surface area contributed by atoms with Crippen LogP contribution < -0.4 is 10.5 Å². The van der Waals surface area contributed by atoms with Crippen LogP contribution in [-0.4, -0.2) is 7.11 Å². The first kappa shape index (κ1) is 14.9. The second-order valence-corrected chi connectivity index (χ2v) is 5.67. The molecular weight excluding hydrogens is 270 g/mol. The van der Waals surface area contributed by atoms with Gasteiger partial charge in [0.05, 0.1) is 13.2 Å². The average molecular weight is 290 g/mol. The van der Waals surface area contributed by atoms with E-state index in [0.29, 0.717) is 5.02 Å². The summed E-state index contributed by atoms with van der Waals surface area (Å²) in [5.41, 5.74) is 11.9. The molecule has 0 aliphatic heterocycles. The molecule has 2 N–H and O–H groups in total. The molecule has 0 spiro atoms. The third-order valence-electron chi connectivity index (χ3n) is 3.45. The van der Waals surface area contributed by atoms with E-state index >= 15 is 0 Å². The summed E-state index contributed by atoms with van der Waals surface area (Å²) >= 11 is 6.13. The highest BCUT2D eigenvalue weighted by atomic mass is 35.5. The van der Waals surface area contributed by atoms with E-state index in [-0.39, 0.29) is 6.04 Å². The molecule has 0 amide bonds. The second kappa shape index (κ2) is 5.86. The van der Waals surface area contributed by atoms with Gasteiger partial charge < -0.3 is 10.5 Å². The molecule has 0 aliphatic carbocycles. The van der Waals surface area contributed by atoms with E-state index in [1.807, 2.05) is 32.0 Å². The monoisotopic (exact) mass is 289 g/mol. The Labute approximate surface area is 125 Å². The summed E-state index contributed by atoms with van der Waals surface area (Å²) in [6, 6.07) is 9.79. The van der Waals surface area contributed by atoms with E-state index < -0.39 is 0 Å². The number of hydrogen-bond acceptors (Lipinski definition) is 2. The molecule has 2 nitrogen and oxygen atoms in total. The van der Waals surface area contributed by atoms with E-state index in [1.165, 1.54) is 0 Å². The molecule has 0 heterocycles. The Balaban J connectivity index is 2.55. The van der Waals surface area contributed by atoms with Gasteiger partial charge in [0.1, 0.15) is 5.75 Å². The maximum Gasteiger partial charge on any atom is 0.124 e. The van der Waals surface area contributed by atoms with Crippen molar-refractivity contribution in [3.63, 3.8) is 0 Å². The van der Waals surface area contributed by atoms with Crippen LogP contribution in [-0.2, 0) is 0 Å². The van der Waals surface area contributed by atoms with Crippen molar-refractivity contribution in [1.29, 1.82) is 0 Å². The molecule has 2 aromatic carbocycles. The van der Waals surface area contributed by atoms with Crippen LogP contribution in [0.3, 0.4) is 0 Å². The van der Waals surface area contributed by atoms with Crippen LogP contribution in [0.4, 0.5) is 0 Å². The molecule has 0 saturated carbocycles. The highest BCUT2D eigenvalue weighted by Crippen LogP contribution is 2.33. The SMILES string of the molecule is COc1cc(C)cc(C)c1C(N)c1cc(C)cc(Cl)c1. The third kappa shape index (κ3) is 2.97. The minimum Gasteiger partial charge on any atom is -0.496 e. The standard InChI is InChI=1S/C17H20ClNO/c1-10-5-12(3)16(15(8-10)20-4)17(19)13-6-11(2)7-14(18)9-13/h5-9,17H,19H2,1-4H3. The maximum absolute atomic E-state index is 6.44. The Hall–Kier alpha value is -1.51. The van der Waals surface area contributed by atoms with Crippen molar-refractivity contribution in [1.82, 2.24) is 0 Å². The molecule has 0 fully saturated rings. The fourth-order valence-electron chi connectivity index (χ4n) is 2.62. The number of nitrogens with two attached hydrogens (primary N) is 1. The molecule has 1 unspecified atom stereocenters. The summed E-state index contributed by atoms with van der Waals surface area (Å²) in [6.45, 7) is 6.12. The maximum atomic E-state index is 6.44. The van der Waals surface area contributed by atoms with Crippen LogP contribution in [0.25, 0.3) is 0 Å². The van der Waals surface area contributed by atoms with Crippen LogP contribution in [0.1, 0.15) is 33.9 Å². The Morgan fingerprint density at radius 1 is 1.00 bits per heavy atom. The summed E-state index contributed by atoms with van der Waals surface area (Å²) in [6.07, 6.45) is 0. The molecule has 106 valence electrons. The number of aryl methyl sites for hydroxylation is 3. The lowest BCUT2D eigenvalue weighted by atomic mass is 9.93. The highest BCUT2D eigenvalue weighted by molar-refractivity contribution is 6.30. The lowest BCUT2D eigenvalue weighted by Gasteiger charge is -2.20. The number of halogens is 1. The van der Waals surface area contributed by atoms with Crippen molar-refractivity contribution >= 4 is 11.6 Å². The first-order valence-electron chi connectivity index (χ1n) is 6.60. The number of hydrogen-bond donors (Lipinski definition) is 1. The molecule has 2 aromatic rings. The minimum absolute atomic E-state index is 0.247. The Kier molecular flexibility index (Phi) is 4.36. The zero-order chi connectivity index (χ0) is 14.9. The van der Waals surface area contributed by atoms with Crippen molar-refractivity contribution < 1.29 is 4.74 Å². The van der Waals surface area contributed by atoms with E-state index in [4.69, 9.17) is 22.1 Å². The molecular formula is C17H20ClNO. The molecule has 2 rings (SSSR count). The van der Waals surface area contributed by atoms with Crippen LogP contribution >= 0.6 is 11.6 Å². The third-order valence-corrected chi connectivity index (χ3v) is 3.67. The van der Waals surface area contributed by atoms with Gasteiger partial charge in [0.2, 0.25) is 0 Å². The van der Waals surface area contributed by atoms with Gasteiger partial charge in [-0.05, 0) is 61.2 Å². The van der Waals surface area contributed by atoms with Gasteiger partial charge in [0.15, 0.2) is 0 Å². The molecule has 0 saturated heterocycles. The van der Waals surface area contributed by atoms with Gasteiger partial charge in [-0.3, -0.25) is 0 Å². The Morgan fingerprint density at radius 2 is 1.65 bits per heavy atom. The van der Waals surface area contributed by atoms with Crippen LogP contribution in [0.2, 0.25) is 5.02 Å². The van der Waals surface area contributed by atoms with E-state index in [1.54, 1.807) is 7.11 Å². The van der Waals surface area contributed by atoms with Gasteiger partial charge in [0, 0.05) is 10.6 Å². The predicted molar refractivity (Wildman–Crippen MR) is 84.7 cm³/mol. The molecule has 0 aromatic heterocycles. The number of ether oxygens (including phenoxy) is 1. The lowest BCUT2D eigenvalue weighted by Crippen LogP contribution is -2.15. The zero-order valence-corrected chi connectivity index (χ0v) is 13.1. The molecule has 0 radical (unpaired) electrons. The predicted octanol–water partition coefficient (Wildman–Crippen LogP) is 4.32. The molecule has 1 atom stereocenters. The van der Waals surface area contributed by atoms with Crippen LogP contribution in [0.15, 0.2) is 30.3 Å². The number of rotatable bonds is 3. The van der Waals surface area contributed by atoms with Crippen LogP contribution in [0.5, 0.6) is 5.75 Å². The van der Waals surface area contributed by atoms with Crippen molar-refractivity contribution in [2.24, 2.45) is 5.73 Å². The van der Waals surface area contributed by atoms with E-state index in [2.05, 4.69) is 19.1 Å². The fourth-order valence-corrected chi connectivity index (χ4v) is 2.92. The first-order valence-corrected chi connectivity index (χ1v) is 6.98. The summed E-state index contributed by atoms with van der Waals surface area (Å²) in [5, 5.41) is 0.708. The summed E-state index contributed by atoms with van der Waals surface area (Å²) in [7, 11) is 1.67. The Morgan fingerprint density at radius 3 is 2.25 bits per heavy atom. The van der Waals surface area contributed by atoms with Gasteiger partial charge in [-0.1, -0.05) is 23.7 Å². The molecule has 20 heavy (non-hydrogen) atoms. The number of methoxy groups -OCH3 is 1. The second-order valence-electron chi connectivity index (χ2n) is 5.24. The van der Waals surface area contributed by atoms with Crippen molar-refractivity contribution in [3.05, 3.63) is 63.2 Å². The van der Waals surface area contributed by atoms with Crippen LogP contribution in [0, 0.1) is 20.8 Å². The van der Waals surface area contributed by atoms with E-state index in [0.717, 1.165) is 33.6 Å². The van der Waals surface area contributed by atoms with Crippen molar-refractivity contribution in [3.8, 4) is 5.75 Å². The molecule has 0 bridgehead atoms. The van der Waals surface area contributed by atoms with Crippen molar-refractivity contribution in [2.45, 2.75) is 26.8 Å². The lowest BCUT2D eigenvalue weighted by molar-refractivity contribution is 0.407. The van der Waals surface area contributed by atoms with Gasteiger partial charge in [-0.25, -0.2) is 0 Å². The molecule has 3 heteroatoms. The van der Waals surface area contributed by atoms with E-state index in [9.17, 15) is 0 Å². The zero-order valence-electron chi connectivity index (χ0n) is 12.3. The van der Waals surface area contributed by atoms with Crippen molar-refractivity contribution in [2.75, 3.05) is 7.11 Å². The normalized spacial score (nSPS) is 12.3. The summed E-state index contributed by atoms with van der Waals surface area (Å²) in [4.78, 5) is 0. The topological polar surface area (TPSA) is 35.2 Å². The average Bonchev–Trinajstić information content (AvgIpc) is 2.35. The quantitative estimate of drug-likeness (QED) is 0.913. The first-order chi connectivity index (χ1) is 9.42. The fraction of sp³-hybridized carbons (Fsp3) is 0.294. The smallest absolute Gasteiger partial charge is 0.124 e. The summed E-state index contributed by atoms with van der Waals surface area (Å²) < 4.78 is 5.50. The number of benzene rings is 2. The molecule has 0 aliphatic rings. The minimum atomic E-state index is -0.247. The van der Waals surface area contributed by atoms with Gasteiger partial charge >= 0.3 is 0 Å². The van der Waals surface area contributed by atoms with Gasteiger partial charge in [-0.15, -0.1) is 0 Å². The largest absolute Gasteiger partial charge is 0.496 e. The Bertz CT molecular complexity index is 617. The van der Waals surface area contributed by atoms with Gasteiger partial charge in [-0.2, -0.15) is 0 Å².